The summed E-state index contributed by atoms with van der Waals surface area (Å²) >= 11 is 6.07. The summed E-state index contributed by atoms with van der Waals surface area (Å²) in [6, 6.07) is 9.89. The molecule has 4 heteroatoms. The third kappa shape index (κ3) is 2.88. The van der Waals surface area contributed by atoms with Crippen molar-refractivity contribution < 1.29 is 9.13 Å². The molecule has 0 saturated heterocycles. The number of hydrogen-bond acceptors (Lipinski definition) is 2. The average Bonchev–Trinajstić information content (AvgIpc) is 2.41. The van der Waals surface area contributed by atoms with Crippen LogP contribution in [0.4, 0.5) is 4.39 Å². The smallest absolute Gasteiger partial charge is 0.165 e. The Bertz CT molecular complexity index is 601. The van der Waals surface area contributed by atoms with Gasteiger partial charge in [-0.2, -0.15) is 0 Å². The van der Waals surface area contributed by atoms with Crippen LogP contribution < -0.4 is 10.5 Å². The van der Waals surface area contributed by atoms with Crippen LogP contribution in [0.2, 0.25) is 5.02 Å². The number of ether oxygens (including phenoxy) is 1. The van der Waals surface area contributed by atoms with Gasteiger partial charge in [0.25, 0.3) is 0 Å². The maximum absolute atomic E-state index is 13.7. The SMILES string of the molecule is COc1ccc(C(N)c2ccc(C)c(Cl)c2)cc1F. The van der Waals surface area contributed by atoms with Gasteiger partial charge in [-0.25, -0.2) is 4.39 Å². The van der Waals surface area contributed by atoms with E-state index >= 15 is 0 Å². The average molecular weight is 280 g/mol. The largest absolute Gasteiger partial charge is 0.494 e. The summed E-state index contributed by atoms with van der Waals surface area (Å²) in [5.41, 5.74) is 8.64. The van der Waals surface area contributed by atoms with Gasteiger partial charge in [0.2, 0.25) is 0 Å². The van der Waals surface area contributed by atoms with Crippen molar-refractivity contribution >= 4 is 11.6 Å². The second-order valence-corrected chi connectivity index (χ2v) is 4.79. The van der Waals surface area contributed by atoms with Crippen LogP contribution >= 0.6 is 11.6 Å². The zero-order valence-electron chi connectivity index (χ0n) is 10.8. The Kier molecular flexibility index (Phi) is 4.08. The monoisotopic (exact) mass is 279 g/mol. The van der Waals surface area contributed by atoms with Crippen molar-refractivity contribution in [3.8, 4) is 5.75 Å². The fourth-order valence-electron chi connectivity index (χ4n) is 1.87. The molecule has 2 aromatic rings. The Morgan fingerprint density at radius 2 is 1.79 bits per heavy atom. The number of aryl methyl sites for hydroxylation is 1. The maximum Gasteiger partial charge on any atom is 0.165 e. The first-order valence-corrected chi connectivity index (χ1v) is 6.26. The minimum Gasteiger partial charge on any atom is -0.494 e. The van der Waals surface area contributed by atoms with Crippen molar-refractivity contribution in [2.24, 2.45) is 5.73 Å². The minimum absolute atomic E-state index is 0.206. The van der Waals surface area contributed by atoms with E-state index in [9.17, 15) is 4.39 Å². The summed E-state index contributed by atoms with van der Waals surface area (Å²) in [5.74, 6) is -0.216. The molecule has 2 rings (SSSR count). The van der Waals surface area contributed by atoms with Gasteiger partial charge in [0, 0.05) is 5.02 Å². The second kappa shape index (κ2) is 5.59. The molecule has 0 amide bonds. The van der Waals surface area contributed by atoms with Crippen LogP contribution in [0.5, 0.6) is 5.75 Å². The molecule has 0 bridgehead atoms. The van der Waals surface area contributed by atoms with Crippen LogP contribution in [-0.4, -0.2) is 7.11 Å². The third-order valence-electron chi connectivity index (χ3n) is 3.09. The second-order valence-electron chi connectivity index (χ2n) is 4.38. The Hall–Kier alpha value is -1.58. The van der Waals surface area contributed by atoms with Crippen molar-refractivity contribution in [1.29, 1.82) is 0 Å². The summed E-state index contributed by atoms with van der Waals surface area (Å²) in [7, 11) is 1.43. The van der Waals surface area contributed by atoms with Gasteiger partial charge in [-0.05, 0) is 41.8 Å². The predicted molar refractivity (Wildman–Crippen MR) is 75.2 cm³/mol. The Morgan fingerprint density at radius 1 is 1.16 bits per heavy atom. The van der Waals surface area contributed by atoms with Crippen LogP contribution in [0.1, 0.15) is 22.7 Å². The quantitative estimate of drug-likeness (QED) is 0.926. The van der Waals surface area contributed by atoms with E-state index in [2.05, 4.69) is 0 Å². The van der Waals surface area contributed by atoms with Gasteiger partial charge in [0.1, 0.15) is 0 Å². The number of halogens is 2. The van der Waals surface area contributed by atoms with Gasteiger partial charge >= 0.3 is 0 Å². The number of rotatable bonds is 3. The molecule has 2 nitrogen and oxygen atoms in total. The lowest BCUT2D eigenvalue weighted by atomic mass is 9.98. The minimum atomic E-state index is -0.423. The van der Waals surface area contributed by atoms with Crippen molar-refractivity contribution in [3.63, 3.8) is 0 Å². The first-order chi connectivity index (χ1) is 9.02. The van der Waals surface area contributed by atoms with Crippen molar-refractivity contribution in [3.05, 3.63) is 63.9 Å². The highest BCUT2D eigenvalue weighted by Crippen LogP contribution is 2.27. The molecule has 0 heterocycles. The molecule has 1 unspecified atom stereocenters. The molecule has 0 aromatic heterocycles. The lowest BCUT2D eigenvalue weighted by Gasteiger charge is -2.14. The molecule has 0 aliphatic carbocycles. The first-order valence-electron chi connectivity index (χ1n) is 5.88. The summed E-state index contributed by atoms with van der Waals surface area (Å²) < 4.78 is 18.5. The Morgan fingerprint density at radius 3 is 2.37 bits per heavy atom. The summed E-state index contributed by atoms with van der Waals surface area (Å²) in [5, 5.41) is 0.655. The topological polar surface area (TPSA) is 35.2 Å². The van der Waals surface area contributed by atoms with E-state index in [1.54, 1.807) is 12.1 Å². The van der Waals surface area contributed by atoms with E-state index in [1.807, 2.05) is 25.1 Å². The van der Waals surface area contributed by atoms with Crippen molar-refractivity contribution in [1.82, 2.24) is 0 Å². The van der Waals surface area contributed by atoms with E-state index in [4.69, 9.17) is 22.1 Å². The third-order valence-corrected chi connectivity index (χ3v) is 3.50. The summed E-state index contributed by atoms with van der Waals surface area (Å²) in [6.45, 7) is 1.92. The molecular weight excluding hydrogens is 265 g/mol. The molecule has 1 atom stereocenters. The van der Waals surface area contributed by atoms with Crippen LogP contribution in [0.25, 0.3) is 0 Å². The van der Waals surface area contributed by atoms with Crippen LogP contribution in [0, 0.1) is 12.7 Å². The van der Waals surface area contributed by atoms with Crippen LogP contribution in [-0.2, 0) is 0 Å². The molecule has 0 radical (unpaired) electrons. The molecule has 0 spiro atoms. The number of benzene rings is 2. The normalized spacial score (nSPS) is 12.3. The highest BCUT2D eigenvalue weighted by molar-refractivity contribution is 6.31. The zero-order valence-corrected chi connectivity index (χ0v) is 11.5. The molecule has 2 N–H and O–H groups in total. The number of nitrogens with two attached hydrogens (primary N) is 1. The van der Waals surface area contributed by atoms with E-state index < -0.39 is 11.9 Å². The molecule has 0 saturated carbocycles. The number of methoxy groups -OCH3 is 1. The molecular formula is C15H15ClFNO. The zero-order chi connectivity index (χ0) is 14.0. The van der Waals surface area contributed by atoms with Crippen LogP contribution in [0.15, 0.2) is 36.4 Å². The van der Waals surface area contributed by atoms with Gasteiger partial charge < -0.3 is 10.5 Å². The van der Waals surface area contributed by atoms with E-state index in [1.165, 1.54) is 13.2 Å². The van der Waals surface area contributed by atoms with Gasteiger partial charge in [-0.3, -0.25) is 0 Å². The Labute approximate surface area is 117 Å². The molecule has 100 valence electrons. The van der Waals surface area contributed by atoms with E-state index in [0.717, 1.165) is 11.1 Å². The highest BCUT2D eigenvalue weighted by atomic mass is 35.5. The van der Waals surface area contributed by atoms with Crippen LogP contribution in [0.3, 0.4) is 0 Å². The summed E-state index contributed by atoms with van der Waals surface area (Å²) in [6.07, 6.45) is 0. The molecule has 2 aromatic carbocycles. The molecule has 0 fully saturated rings. The maximum atomic E-state index is 13.7. The van der Waals surface area contributed by atoms with Gasteiger partial charge in [-0.15, -0.1) is 0 Å². The Balaban J connectivity index is 2.35. The number of hydrogen-bond donors (Lipinski definition) is 1. The standard InChI is InChI=1S/C15H15ClFNO/c1-9-3-4-10(7-12(9)16)15(18)11-5-6-14(19-2)13(17)8-11/h3-8,15H,18H2,1-2H3. The lowest BCUT2D eigenvalue weighted by Crippen LogP contribution is -2.12. The van der Waals surface area contributed by atoms with Gasteiger partial charge in [0.15, 0.2) is 11.6 Å². The van der Waals surface area contributed by atoms with Crippen molar-refractivity contribution in [2.75, 3.05) is 7.11 Å². The summed E-state index contributed by atoms with van der Waals surface area (Å²) in [4.78, 5) is 0. The van der Waals surface area contributed by atoms with Gasteiger partial charge in [0.05, 0.1) is 13.2 Å². The predicted octanol–water partition coefficient (Wildman–Crippen LogP) is 3.84. The fraction of sp³-hybridized carbons (Fsp3) is 0.200. The molecule has 0 aliphatic rings. The van der Waals surface area contributed by atoms with E-state index in [0.29, 0.717) is 10.6 Å². The highest BCUT2D eigenvalue weighted by Gasteiger charge is 2.13. The van der Waals surface area contributed by atoms with Gasteiger partial charge in [-0.1, -0.05) is 29.8 Å². The van der Waals surface area contributed by atoms with E-state index in [-0.39, 0.29) is 5.75 Å². The first kappa shape index (κ1) is 13.8. The van der Waals surface area contributed by atoms with Crippen molar-refractivity contribution in [2.45, 2.75) is 13.0 Å². The lowest BCUT2D eigenvalue weighted by molar-refractivity contribution is 0.386. The fourth-order valence-corrected chi connectivity index (χ4v) is 2.06. The molecule has 0 aliphatic heterocycles. The molecule has 19 heavy (non-hydrogen) atoms.